The van der Waals surface area contributed by atoms with E-state index in [1.807, 2.05) is 0 Å². The van der Waals surface area contributed by atoms with Gasteiger partial charge in [0.25, 0.3) is 0 Å². The molecule has 1 aliphatic carbocycles. The van der Waals surface area contributed by atoms with E-state index in [0.717, 1.165) is 18.4 Å². The number of likely N-dealkylation sites (tertiary alicyclic amines) is 1. The average molecular weight is 210 g/mol. The second kappa shape index (κ2) is 5.31. The van der Waals surface area contributed by atoms with E-state index in [-0.39, 0.29) is 0 Å². The molecular formula is C13H26N2. The summed E-state index contributed by atoms with van der Waals surface area (Å²) in [5.74, 6) is 1.85. The summed E-state index contributed by atoms with van der Waals surface area (Å²) < 4.78 is 0. The smallest absolute Gasteiger partial charge is 0.0246 e. The van der Waals surface area contributed by atoms with Crippen LogP contribution in [-0.4, -0.2) is 30.6 Å². The van der Waals surface area contributed by atoms with Crippen LogP contribution >= 0.6 is 0 Å². The van der Waals surface area contributed by atoms with Crippen molar-refractivity contribution in [2.45, 2.75) is 51.5 Å². The van der Waals surface area contributed by atoms with Gasteiger partial charge in [-0.25, -0.2) is 0 Å². The topological polar surface area (TPSA) is 29.3 Å². The van der Waals surface area contributed by atoms with E-state index in [0.29, 0.717) is 6.04 Å². The maximum absolute atomic E-state index is 5.98. The highest BCUT2D eigenvalue weighted by molar-refractivity contribution is 4.85. The molecule has 0 aromatic rings. The highest BCUT2D eigenvalue weighted by Crippen LogP contribution is 2.33. The largest absolute Gasteiger partial charge is 0.329 e. The van der Waals surface area contributed by atoms with Gasteiger partial charge in [-0.2, -0.15) is 0 Å². The lowest BCUT2D eigenvalue weighted by atomic mass is 9.79. The second-order valence-corrected chi connectivity index (χ2v) is 5.57. The van der Waals surface area contributed by atoms with Gasteiger partial charge in [0.15, 0.2) is 0 Å². The standard InChI is InChI=1S/C13H26N2/c1-11-4-6-12(7-5-11)13(10-14)15-8-2-3-9-15/h11-13H,2-10,14H2,1H3. The first-order valence-corrected chi connectivity index (χ1v) is 6.75. The fourth-order valence-corrected chi connectivity index (χ4v) is 3.38. The average Bonchev–Trinajstić information content (AvgIpc) is 2.75. The van der Waals surface area contributed by atoms with Gasteiger partial charge in [0.1, 0.15) is 0 Å². The van der Waals surface area contributed by atoms with E-state index in [1.165, 1.54) is 51.6 Å². The van der Waals surface area contributed by atoms with Crippen molar-refractivity contribution in [1.82, 2.24) is 4.90 Å². The zero-order valence-electron chi connectivity index (χ0n) is 10.1. The molecule has 15 heavy (non-hydrogen) atoms. The van der Waals surface area contributed by atoms with Crippen molar-refractivity contribution in [2.24, 2.45) is 17.6 Å². The predicted molar refractivity (Wildman–Crippen MR) is 64.8 cm³/mol. The molecule has 2 fully saturated rings. The van der Waals surface area contributed by atoms with E-state index in [2.05, 4.69) is 11.8 Å². The van der Waals surface area contributed by atoms with Crippen LogP contribution in [0, 0.1) is 11.8 Å². The fourth-order valence-electron chi connectivity index (χ4n) is 3.38. The Morgan fingerprint density at radius 2 is 1.73 bits per heavy atom. The quantitative estimate of drug-likeness (QED) is 0.774. The van der Waals surface area contributed by atoms with Crippen LogP contribution in [0.2, 0.25) is 0 Å². The highest BCUT2D eigenvalue weighted by atomic mass is 15.2. The number of nitrogens with zero attached hydrogens (tertiary/aromatic N) is 1. The van der Waals surface area contributed by atoms with Crippen LogP contribution < -0.4 is 5.73 Å². The lowest BCUT2D eigenvalue weighted by Gasteiger charge is -2.37. The van der Waals surface area contributed by atoms with Crippen LogP contribution in [0.5, 0.6) is 0 Å². The third-order valence-electron chi connectivity index (χ3n) is 4.46. The summed E-state index contributed by atoms with van der Waals surface area (Å²) in [7, 11) is 0. The van der Waals surface area contributed by atoms with Gasteiger partial charge < -0.3 is 5.73 Å². The maximum Gasteiger partial charge on any atom is 0.0246 e. The summed E-state index contributed by atoms with van der Waals surface area (Å²) in [5, 5.41) is 0. The van der Waals surface area contributed by atoms with Gasteiger partial charge in [0.05, 0.1) is 0 Å². The minimum atomic E-state index is 0.694. The third-order valence-corrected chi connectivity index (χ3v) is 4.46. The van der Waals surface area contributed by atoms with E-state index >= 15 is 0 Å². The molecule has 0 aromatic carbocycles. The molecule has 1 unspecified atom stereocenters. The minimum absolute atomic E-state index is 0.694. The Balaban J connectivity index is 1.88. The lowest BCUT2D eigenvalue weighted by molar-refractivity contribution is 0.134. The molecular weight excluding hydrogens is 184 g/mol. The molecule has 0 spiro atoms. The summed E-state index contributed by atoms with van der Waals surface area (Å²) in [6.45, 7) is 5.87. The molecule has 1 atom stereocenters. The zero-order valence-corrected chi connectivity index (χ0v) is 10.1. The van der Waals surface area contributed by atoms with Gasteiger partial charge in [-0.1, -0.05) is 19.8 Å². The van der Waals surface area contributed by atoms with Crippen molar-refractivity contribution < 1.29 is 0 Å². The summed E-state index contributed by atoms with van der Waals surface area (Å²) in [5.41, 5.74) is 5.98. The normalized spacial score (nSPS) is 35.6. The Kier molecular flexibility index (Phi) is 4.04. The van der Waals surface area contributed by atoms with Gasteiger partial charge in [0, 0.05) is 12.6 Å². The van der Waals surface area contributed by atoms with Gasteiger partial charge in [-0.15, -0.1) is 0 Å². The summed E-state index contributed by atoms with van der Waals surface area (Å²) in [6, 6.07) is 0.694. The number of hydrogen-bond donors (Lipinski definition) is 1. The molecule has 0 aromatic heterocycles. The van der Waals surface area contributed by atoms with Crippen molar-refractivity contribution >= 4 is 0 Å². The Bertz CT molecular complexity index is 179. The molecule has 1 saturated carbocycles. The van der Waals surface area contributed by atoms with E-state index in [1.54, 1.807) is 0 Å². The molecule has 0 amide bonds. The molecule has 0 radical (unpaired) electrons. The van der Waals surface area contributed by atoms with Crippen LogP contribution in [-0.2, 0) is 0 Å². The van der Waals surface area contributed by atoms with Crippen molar-refractivity contribution in [2.75, 3.05) is 19.6 Å². The monoisotopic (exact) mass is 210 g/mol. The fraction of sp³-hybridized carbons (Fsp3) is 1.00. The Labute approximate surface area is 94.2 Å². The van der Waals surface area contributed by atoms with Gasteiger partial charge in [-0.3, -0.25) is 4.90 Å². The van der Waals surface area contributed by atoms with Crippen LogP contribution in [0.25, 0.3) is 0 Å². The molecule has 2 heteroatoms. The molecule has 1 saturated heterocycles. The predicted octanol–water partition coefficient (Wildman–Crippen LogP) is 2.24. The molecule has 2 aliphatic rings. The summed E-state index contributed by atoms with van der Waals surface area (Å²) >= 11 is 0. The van der Waals surface area contributed by atoms with Crippen LogP contribution in [0.3, 0.4) is 0 Å². The number of nitrogens with two attached hydrogens (primary N) is 1. The highest BCUT2D eigenvalue weighted by Gasteiger charge is 2.30. The van der Waals surface area contributed by atoms with Crippen LogP contribution in [0.1, 0.15) is 45.4 Å². The Hall–Kier alpha value is -0.0800. The SMILES string of the molecule is CC1CCC(C(CN)N2CCCC2)CC1. The minimum Gasteiger partial charge on any atom is -0.329 e. The first kappa shape index (κ1) is 11.4. The molecule has 1 aliphatic heterocycles. The third kappa shape index (κ3) is 2.73. The van der Waals surface area contributed by atoms with Crippen molar-refractivity contribution in [3.63, 3.8) is 0 Å². The van der Waals surface area contributed by atoms with E-state index < -0.39 is 0 Å². The zero-order chi connectivity index (χ0) is 10.7. The lowest BCUT2D eigenvalue weighted by Crippen LogP contribution is -2.45. The second-order valence-electron chi connectivity index (χ2n) is 5.57. The van der Waals surface area contributed by atoms with Crippen molar-refractivity contribution in [3.05, 3.63) is 0 Å². The summed E-state index contributed by atoms with van der Waals surface area (Å²) in [4.78, 5) is 2.65. The van der Waals surface area contributed by atoms with Crippen LogP contribution in [0.4, 0.5) is 0 Å². The summed E-state index contributed by atoms with van der Waals surface area (Å²) in [6.07, 6.45) is 8.46. The van der Waals surface area contributed by atoms with Crippen molar-refractivity contribution in [3.8, 4) is 0 Å². The molecule has 2 nitrogen and oxygen atoms in total. The first-order valence-electron chi connectivity index (χ1n) is 6.75. The number of rotatable bonds is 3. The van der Waals surface area contributed by atoms with E-state index in [9.17, 15) is 0 Å². The first-order chi connectivity index (χ1) is 7.31. The molecule has 2 N–H and O–H groups in total. The van der Waals surface area contributed by atoms with Crippen molar-refractivity contribution in [1.29, 1.82) is 0 Å². The molecule has 0 bridgehead atoms. The molecule has 2 rings (SSSR count). The molecule has 1 heterocycles. The van der Waals surface area contributed by atoms with Gasteiger partial charge >= 0.3 is 0 Å². The Morgan fingerprint density at radius 1 is 1.13 bits per heavy atom. The van der Waals surface area contributed by atoms with Gasteiger partial charge in [-0.05, 0) is 50.6 Å². The maximum atomic E-state index is 5.98. The molecule has 88 valence electrons. The van der Waals surface area contributed by atoms with E-state index in [4.69, 9.17) is 5.73 Å². The van der Waals surface area contributed by atoms with Gasteiger partial charge in [0.2, 0.25) is 0 Å². The number of hydrogen-bond acceptors (Lipinski definition) is 2. The van der Waals surface area contributed by atoms with Crippen LogP contribution in [0.15, 0.2) is 0 Å². The Morgan fingerprint density at radius 3 is 2.27 bits per heavy atom.